The fourth-order valence-corrected chi connectivity index (χ4v) is 3.24. The molecule has 4 rings (SSSR count). The molecule has 0 aliphatic carbocycles. The number of non-ortho nitro benzene ring substituents is 1. The summed E-state index contributed by atoms with van der Waals surface area (Å²) >= 11 is 3.41. The van der Waals surface area contributed by atoms with Crippen LogP contribution in [-0.2, 0) is 0 Å². The highest BCUT2D eigenvalue weighted by atomic mass is 79.9. The average Bonchev–Trinajstić information content (AvgIpc) is 2.73. The first-order chi connectivity index (χ1) is 14.0. The molecule has 0 radical (unpaired) electrons. The number of nitrogens with zero attached hydrogens (tertiary/aromatic N) is 3. The van der Waals surface area contributed by atoms with E-state index in [-0.39, 0.29) is 11.2 Å². The van der Waals surface area contributed by atoms with Gasteiger partial charge in [0.25, 0.3) is 11.2 Å². The van der Waals surface area contributed by atoms with E-state index in [0.717, 1.165) is 10.0 Å². The molecule has 0 bridgehead atoms. The van der Waals surface area contributed by atoms with E-state index >= 15 is 0 Å². The lowest BCUT2D eigenvalue weighted by Crippen LogP contribution is -2.22. The fraction of sp³-hybridized carbons (Fsp3) is 0. The Hall–Kier alpha value is -3.58. The lowest BCUT2D eigenvalue weighted by atomic mass is 10.2. The first kappa shape index (κ1) is 18.8. The van der Waals surface area contributed by atoms with Crippen LogP contribution in [0.2, 0.25) is 0 Å². The predicted octanol–water partition coefficient (Wildman–Crippen LogP) is 5.23. The summed E-state index contributed by atoms with van der Waals surface area (Å²) in [5.41, 5.74) is 1.77. The number of fused-ring (bicyclic) bond motifs is 1. The maximum atomic E-state index is 13.2. The molecule has 1 heterocycles. The molecule has 4 aromatic rings. The number of nitro groups is 1. The van der Waals surface area contributed by atoms with Gasteiger partial charge < -0.3 is 0 Å². The number of halogens is 1. The van der Waals surface area contributed by atoms with E-state index in [9.17, 15) is 14.9 Å². The minimum Gasteiger partial charge on any atom is -0.268 e. The number of rotatable bonds is 4. The van der Waals surface area contributed by atoms with Crippen LogP contribution < -0.4 is 5.56 Å². The van der Waals surface area contributed by atoms with Gasteiger partial charge in [-0.25, -0.2) is 4.98 Å². The summed E-state index contributed by atoms with van der Waals surface area (Å²) in [4.78, 5) is 28.3. The Bertz CT molecular complexity index is 1290. The summed E-state index contributed by atoms with van der Waals surface area (Å²) in [7, 11) is 0. The van der Waals surface area contributed by atoms with Gasteiger partial charge in [-0.15, -0.1) is 0 Å². The number of hydrogen-bond donors (Lipinski definition) is 0. The molecule has 0 saturated heterocycles. The molecule has 0 aliphatic heterocycles. The van der Waals surface area contributed by atoms with E-state index in [1.54, 1.807) is 36.4 Å². The van der Waals surface area contributed by atoms with Gasteiger partial charge in [0.05, 0.1) is 21.5 Å². The third-order valence-electron chi connectivity index (χ3n) is 4.42. The van der Waals surface area contributed by atoms with Crippen LogP contribution in [0, 0.1) is 10.1 Å². The lowest BCUT2D eigenvalue weighted by Gasteiger charge is -2.11. The molecule has 0 fully saturated rings. The molecule has 7 heteroatoms. The van der Waals surface area contributed by atoms with Gasteiger partial charge in [0.2, 0.25) is 0 Å². The second-order valence-corrected chi connectivity index (χ2v) is 7.20. The Morgan fingerprint density at radius 2 is 1.62 bits per heavy atom. The standard InChI is InChI=1S/C22H14BrN3O3/c23-16-8-5-15(6-9-16)7-14-21-24-20-4-2-1-3-19(20)22(27)25(21)17-10-12-18(13-11-17)26(28)29/h1-14H. The second kappa shape index (κ2) is 7.81. The van der Waals surface area contributed by atoms with Gasteiger partial charge in [0, 0.05) is 16.6 Å². The molecule has 0 atom stereocenters. The highest BCUT2D eigenvalue weighted by molar-refractivity contribution is 9.10. The van der Waals surface area contributed by atoms with Crippen LogP contribution in [0.4, 0.5) is 5.69 Å². The Morgan fingerprint density at radius 1 is 0.931 bits per heavy atom. The minimum atomic E-state index is -0.473. The molecular weight excluding hydrogens is 434 g/mol. The molecule has 0 spiro atoms. The van der Waals surface area contributed by atoms with Crippen molar-refractivity contribution >= 4 is 44.7 Å². The lowest BCUT2D eigenvalue weighted by molar-refractivity contribution is -0.384. The summed E-state index contributed by atoms with van der Waals surface area (Å²) in [6.45, 7) is 0. The predicted molar refractivity (Wildman–Crippen MR) is 117 cm³/mol. The molecule has 6 nitrogen and oxygen atoms in total. The Labute approximate surface area is 174 Å². The number of nitro benzene ring substituents is 1. The van der Waals surface area contributed by atoms with Crippen molar-refractivity contribution in [2.45, 2.75) is 0 Å². The maximum absolute atomic E-state index is 13.2. The van der Waals surface area contributed by atoms with Crippen molar-refractivity contribution in [3.05, 3.63) is 109 Å². The second-order valence-electron chi connectivity index (χ2n) is 6.29. The minimum absolute atomic E-state index is 0.0394. The van der Waals surface area contributed by atoms with Gasteiger partial charge in [0.15, 0.2) is 0 Å². The van der Waals surface area contributed by atoms with Crippen molar-refractivity contribution < 1.29 is 4.92 Å². The number of para-hydroxylation sites is 1. The molecule has 1 aromatic heterocycles. The topological polar surface area (TPSA) is 78.0 Å². The van der Waals surface area contributed by atoms with Crippen molar-refractivity contribution in [1.29, 1.82) is 0 Å². The van der Waals surface area contributed by atoms with Crippen LogP contribution in [0.5, 0.6) is 0 Å². The highest BCUT2D eigenvalue weighted by Crippen LogP contribution is 2.19. The molecule has 0 saturated carbocycles. The Balaban J connectivity index is 1.89. The first-order valence-electron chi connectivity index (χ1n) is 8.73. The van der Waals surface area contributed by atoms with Crippen LogP contribution in [0.15, 0.2) is 82.1 Å². The normalized spacial score (nSPS) is 11.2. The van der Waals surface area contributed by atoms with Crippen LogP contribution >= 0.6 is 15.9 Å². The molecule has 0 unspecified atom stereocenters. The van der Waals surface area contributed by atoms with Crippen molar-refractivity contribution in [3.8, 4) is 5.69 Å². The summed E-state index contributed by atoms with van der Waals surface area (Å²) in [5, 5.41) is 11.4. The quantitative estimate of drug-likeness (QED) is 0.317. The van der Waals surface area contributed by atoms with E-state index < -0.39 is 4.92 Å². The monoisotopic (exact) mass is 447 g/mol. The SMILES string of the molecule is O=c1c2ccccc2nc(C=Cc2ccc(Br)cc2)n1-c1ccc([N+](=O)[O-])cc1. The number of benzene rings is 3. The third kappa shape index (κ3) is 3.86. The van der Waals surface area contributed by atoms with Crippen molar-refractivity contribution in [1.82, 2.24) is 9.55 Å². The highest BCUT2D eigenvalue weighted by Gasteiger charge is 2.12. The summed E-state index contributed by atoms with van der Waals surface area (Å²) in [6.07, 6.45) is 3.63. The van der Waals surface area contributed by atoms with E-state index in [1.165, 1.54) is 16.7 Å². The van der Waals surface area contributed by atoms with Gasteiger partial charge in [-0.3, -0.25) is 19.5 Å². The zero-order valence-electron chi connectivity index (χ0n) is 15.0. The molecule has 0 amide bonds. The van der Waals surface area contributed by atoms with E-state index in [1.807, 2.05) is 36.4 Å². The van der Waals surface area contributed by atoms with E-state index in [2.05, 4.69) is 20.9 Å². The molecule has 0 N–H and O–H groups in total. The maximum Gasteiger partial charge on any atom is 0.269 e. The number of hydrogen-bond acceptors (Lipinski definition) is 4. The molecule has 3 aromatic carbocycles. The zero-order chi connectivity index (χ0) is 20.4. The van der Waals surface area contributed by atoms with Gasteiger partial charge in [-0.1, -0.05) is 46.3 Å². The van der Waals surface area contributed by atoms with Crippen molar-refractivity contribution in [2.75, 3.05) is 0 Å². The van der Waals surface area contributed by atoms with Gasteiger partial charge in [0.1, 0.15) is 5.82 Å². The molecule has 142 valence electrons. The van der Waals surface area contributed by atoms with Gasteiger partial charge >= 0.3 is 0 Å². The summed E-state index contributed by atoms with van der Waals surface area (Å²) in [6, 6.07) is 20.7. The van der Waals surface area contributed by atoms with E-state index in [4.69, 9.17) is 0 Å². The summed E-state index contributed by atoms with van der Waals surface area (Å²) < 4.78 is 2.43. The Kier molecular flexibility index (Phi) is 5.05. The van der Waals surface area contributed by atoms with E-state index in [0.29, 0.717) is 22.4 Å². The zero-order valence-corrected chi connectivity index (χ0v) is 16.6. The smallest absolute Gasteiger partial charge is 0.268 e. The third-order valence-corrected chi connectivity index (χ3v) is 4.94. The molecule has 0 aliphatic rings. The van der Waals surface area contributed by atoms with Crippen molar-refractivity contribution in [3.63, 3.8) is 0 Å². The largest absolute Gasteiger partial charge is 0.269 e. The van der Waals surface area contributed by atoms with Crippen molar-refractivity contribution in [2.24, 2.45) is 0 Å². The molecule has 29 heavy (non-hydrogen) atoms. The first-order valence-corrected chi connectivity index (χ1v) is 9.52. The molecular formula is C22H14BrN3O3. The Morgan fingerprint density at radius 3 is 2.31 bits per heavy atom. The number of aromatic nitrogens is 2. The van der Waals surface area contributed by atoms with Crippen LogP contribution in [0.1, 0.15) is 11.4 Å². The van der Waals surface area contributed by atoms with Crippen LogP contribution in [0.25, 0.3) is 28.7 Å². The van der Waals surface area contributed by atoms with Gasteiger partial charge in [-0.2, -0.15) is 0 Å². The van der Waals surface area contributed by atoms with Gasteiger partial charge in [-0.05, 0) is 48.0 Å². The summed E-state index contributed by atoms with van der Waals surface area (Å²) in [5.74, 6) is 0.436. The van der Waals surface area contributed by atoms with Crippen LogP contribution in [-0.4, -0.2) is 14.5 Å². The average molecular weight is 448 g/mol. The van der Waals surface area contributed by atoms with Crippen LogP contribution in [0.3, 0.4) is 0 Å². The fourth-order valence-electron chi connectivity index (χ4n) is 2.98.